The quantitative estimate of drug-likeness (QED) is 0.826. The molecule has 0 aromatic heterocycles. The molecule has 0 atom stereocenters. The molecule has 4 rings (SSSR count). The minimum atomic E-state index is -1.10. The molecule has 2 aromatic rings. The topological polar surface area (TPSA) is 76.7 Å². The summed E-state index contributed by atoms with van der Waals surface area (Å²) in [6.45, 7) is 0.944. The van der Waals surface area contributed by atoms with Crippen molar-refractivity contribution in [2.24, 2.45) is 5.41 Å². The molecular weight excluding hydrogens is 339 g/mol. The van der Waals surface area contributed by atoms with Crippen LogP contribution in [0.4, 0.5) is 15.8 Å². The molecule has 2 aromatic carbocycles. The Hall–Kier alpha value is -3.09. The molecule has 0 radical (unpaired) electrons. The largest absolute Gasteiger partial charge is 0.486 e. The number of benzene rings is 2. The number of anilines is 2. The van der Waals surface area contributed by atoms with Crippen LogP contribution in [0.2, 0.25) is 0 Å². The number of hydrogen-bond acceptors (Lipinski definition) is 4. The molecule has 26 heavy (non-hydrogen) atoms. The lowest BCUT2D eigenvalue weighted by Gasteiger charge is -2.20. The normalized spacial score (nSPS) is 16.5. The molecule has 0 unspecified atom stereocenters. The van der Waals surface area contributed by atoms with Crippen molar-refractivity contribution < 1.29 is 23.5 Å². The second-order valence-corrected chi connectivity index (χ2v) is 6.36. The predicted octanol–water partition coefficient (Wildman–Crippen LogP) is 2.95. The van der Waals surface area contributed by atoms with Crippen molar-refractivity contribution in [2.45, 2.75) is 12.8 Å². The first kappa shape index (κ1) is 16.4. The van der Waals surface area contributed by atoms with Crippen LogP contribution in [0.3, 0.4) is 0 Å². The molecule has 6 nitrogen and oxygen atoms in total. The monoisotopic (exact) mass is 356 g/mol. The Kier molecular flexibility index (Phi) is 3.99. The van der Waals surface area contributed by atoms with Crippen LogP contribution in [0, 0.1) is 11.2 Å². The van der Waals surface area contributed by atoms with E-state index in [4.69, 9.17) is 9.47 Å². The van der Waals surface area contributed by atoms with Gasteiger partial charge < -0.3 is 20.1 Å². The Bertz CT molecular complexity index is 862. The first-order valence-electron chi connectivity index (χ1n) is 8.35. The number of rotatable bonds is 4. The van der Waals surface area contributed by atoms with Gasteiger partial charge in [-0.1, -0.05) is 0 Å². The molecular formula is C19H17FN2O4. The van der Waals surface area contributed by atoms with Gasteiger partial charge in [0.2, 0.25) is 11.8 Å². The highest BCUT2D eigenvalue weighted by Crippen LogP contribution is 2.47. The number of halogens is 1. The fourth-order valence-electron chi connectivity index (χ4n) is 2.84. The summed E-state index contributed by atoms with van der Waals surface area (Å²) < 4.78 is 23.9. The van der Waals surface area contributed by atoms with Gasteiger partial charge in [-0.2, -0.15) is 0 Å². The highest BCUT2D eigenvalue weighted by atomic mass is 19.1. The lowest BCUT2D eigenvalue weighted by Crippen LogP contribution is -2.35. The molecule has 1 aliphatic heterocycles. The van der Waals surface area contributed by atoms with Crippen LogP contribution < -0.4 is 20.1 Å². The molecule has 1 aliphatic carbocycles. The summed E-state index contributed by atoms with van der Waals surface area (Å²) in [4.78, 5) is 25.2. The SMILES string of the molecule is O=C(Nc1ccc(F)cc1)C1(C(=O)Nc2ccc3c(c2)OCCO3)CC1. The molecule has 1 heterocycles. The summed E-state index contributed by atoms with van der Waals surface area (Å²) in [6, 6.07) is 10.5. The van der Waals surface area contributed by atoms with Gasteiger partial charge in [-0.05, 0) is 49.2 Å². The van der Waals surface area contributed by atoms with Crippen molar-refractivity contribution in [3.05, 3.63) is 48.3 Å². The fraction of sp³-hybridized carbons (Fsp3) is 0.263. The molecule has 7 heteroatoms. The van der Waals surface area contributed by atoms with Crippen LogP contribution in [0.15, 0.2) is 42.5 Å². The molecule has 134 valence electrons. The molecule has 1 saturated carbocycles. The molecule has 2 amide bonds. The maximum Gasteiger partial charge on any atom is 0.240 e. The molecule has 2 aliphatic rings. The zero-order valence-electron chi connectivity index (χ0n) is 13.9. The van der Waals surface area contributed by atoms with Crippen LogP contribution in [-0.2, 0) is 9.59 Å². The average molecular weight is 356 g/mol. The van der Waals surface area contributed by atoms with E-state index in [-0.39, 0.29) is 17.6 Å². The van der Waals surface area contributed by atoms with Crippen LogP contribution in [0.5, 0.6) is 11.5 Å². The third kappa shape index (κ3) is 3.08. The summed E-state index contributed by atoms with van der Waals surface area (Å²) in [6.07, 6.45) is 0.937. The Morgan fingerprint density at radius 3 is 2.08 bits per heavy atom. The average Bonchev–Trinajstić information content (AvgIpc) is 3.46. The number of carbonyl (C=O) groups is 2. The van der Waals surface area contributed by atoms with E-state index >= 15 is 0 Å². The Morgan fingerprint density at radius 2 is 1.42 bits per heavy atom. The summed E-state index contributed by atoms with van der Waals surface area (Å²) in [5.41, 5.74) is -0.100. The maximum atomic E-state index is 13.0. The van der Waals surface area contributed by atoms with Gasteiger partial charge in [0.1, 0.15) is 24.4 Å². The molecule has 0 saturated heterocycles. The van der Waals surface area contributed by atoms with Crippen molar-refractivity contribution in [3.8, 4) is 11.5 Å². The van der Waals surface area contributed by atoms with E-state index in [0.29, 0.717) is 48.9 Å². The second kappa shape index (κ2) is 6.33. The molecule has 1 fully saturated rings. The lowest BCUT2D eigenvalue weighted by molar-refractivity contribution is -0.131. The van der Waals surface area contributed by atoms with E-state index in [1.807, 2.05) is 0 Å². The van der Waals surface area contributed by atoms with Crippen molar-refractivity contribution >= 4 is 23.2 Å². The van der Waals surface area contributed by atoms with E-state index in [1.165, 1.54) is 24.3 Å². The zero-order chi connectivity index (χ0) is 18.1. The highest BCUT2D eigenvalue weighted by Gasteiger charge is 2.56. The van der Waals surface area contributed by atoms with Gasteiger partial charge in [0, 0.05) is 17.4 Å². The van der Waals surface area contributed by atoms with Gasteiger partial charge in [0.15, 0.2) is 11.5 Å². The molecule has 0 spiro atoms. The number of nitrogens with one attached hydrogen (secondary N) is 2. The highest BCUT2D eigenvalue weighted by molar-refractivity contribution is 6.16. The van der Waals surface area contributed by atoms with Crippen molar-refractivity contribution in [1.82, 2.24) is 0 Å². The standard InChI is InChI=1S/C19H17FN2O4/c20-12-1-3-13(4-2-12)21-17(23)19(7-8-19)18(24)22-14-5-6-15-16(11-14)26-10-9-25-15/h1-6,11H,7-10H2,(H,21,23)(H,22,24). The van der Waals surface area contributed by atoms with E-state index in [2.05, 4.69) is 10.6 Å². The van der Waals surface area contributed by atoms with Crippen molar-refractivity contribution in [2.75, 3.05) is 23.8 Å². The summed E-state index contributed by atoms with van der Waals surface area (Å²) in [7, 11) is 0. The van der Waals surface area contributed by atoms with Gasteiger partial charge in [0.25, 0.3) is 0 Å². The second-order valence-electron chi connectivity index (χ2n) is 6.36. The lowest BCUT2D eigenvalue weighted by atomic mass is 10.0. The predicted molar refractivity (Wildman–Crippen MR) is 92.8 cm³/mol. The Balaban J connectivity index is 1.45. The minimum Gasteiger partial charge on any atom is -0.486 e. The third-order valence-electron chi connectivity index (χ3n) is 4.52. The smallest absolute Gasteiger partial charge is 0.240 e. The van der Waals surface area contributed by atoms with E-state index in [9.17, 15) is 14.0 Å². The van der Waals surface area contributed by atoms with Crippen molar-refractivity contribution in [1.29, 1.82) is 0 Å². The van der Waals surface area contributed by atoms with Crippen LogP contribution in [0.25, 0.3) is 0 Å². The first-order chi connectivity index (χ1) is 12.6. The van der Waals surface area contributed by atoms with E-state index in [0.717, 1.165) is 0 Å². The van der Waals surface area contributed by atoms with Gasteiger partial charge in [-0.15, -0.1) is 0 Å². The number of ether oxygens (including phenoxy) is 2. The summed E-state index contributed by atoms with van der Waals surface area (Å²) in [5, 5.41) is 5.45. The first-order valence-corrected chi connectivity index (χ1v) is 8.35. The maximum absolute atomic E-state index is 13.0. The van der Waals surface area contributed by atoms with Gasteiger partial charge in [-0.25, -0.2) is 4.39 Å². The van der Waals surface area contributed by atoms with E-state index < -0.39 is 5.41 Å². The Morgan fingerprint density at radius 1 is 0.846 bits per heavy atom. The van der Waals surface area contributed by atoms with Gasteiger partial charge >= 0.3 is 0 Å². The number of amides is 2. The van der Waals surface area contributed by atoms with Gasteiger partial charge in [-0.3, -0.25) is 9.59 Å². The third-order valence-corrected chi connectivity index (χ3v) is 4.52. The van der Waals surface area contributed by atoms with Crippen LogP contribution in [-0.4, -0.2) is 25.0 Å². The van der Waals surface area contributed by atoms with Crippen LogP contribution in [0.1, 0.15) is 12.8 Å². The number of carbonyl (C=O) groups excluding carboxylic acids is 2. The summed E-state index contributed by atoms with van der Waals surface area (Å²) in [5.74, 6) is 0.0486. The van der Waals surface area contributed by atoms with Gasteiger partial charge in [0.05, 0.1) is 0 Å². The number of fused-ring (bicyclic) bond motifs is 1. The van der Waals surface area contributed by atoms with Crippen molar-refractivity contribution in [3.63, 3.8) is 0 Å². The summed E-state index contributed by atoms with van der Waals surface area (Å²) >= 11 is 0. The molecule has 0 bridgehead atoms. The molecule has 2 N–H and O–H groups in total. The van der Waals surface area contributed by atoms with Crippen LogP contribution >= 0.6 is 0 Å². The minimum absolute atomic E-state index is 0.367. The van der Waals surface area contributed by atoms with E-state index in [1.54, 1.807) is 18.2 Å². The Labute approximate surface area is 149 Å². The number of hydrogen-bond donors (Lipinski definition) is 2. The zero-order valence-corrected chi connectivity index (χ0v) is 13.9. The fourth-order valence-corrected chi connectivity index (χ4v) is 2.84.